The van der Waals surface area contributed by atoms with E-state index in [-0.39, 0.29) is 5.92 Å². The molecule has 0 N–H and O–H groups in total. The average molecular weight is 477 g/mol. The Balaban J connectivity index is 1.35. The summed E-state index contributed by atoms with van der Waals surface area (Å²) >= 11 is 0. The van der Waals surface area contributed by atoms with Crippen LogP contribution in [0.15, 0.2) is 95.9 Å². The van der Waals surface area contributed by atoms with Gasteiger partial charge in [0, 0.05) is 13.6 Å². The zero-order chi connectivity index (χ0) is 23.8. The number of hydrogen-bond acceptors (Lipinski definition) is 3. The van der Waals surface area contributed by atoms with Gasteiger partial charge in [-0.15, -0.1) is 0 Å². The second-order valence-corrected chi connectivity index (χ2v) is 11.5. The van der Waals surface area contributed by atoms with Crippen LogP contribution < -0.4 is 0 Å². The Kier molecular flexibility index (Phi) is 8.54. The predicted octanol–water partition coefficient (Wildman–Crippen LogP) is 5.44. The molecule has 4 rings (SSSR count). The first-order valence-corrected chi connectivity index (χ1v) is 13.8. The molecule has 0 amide bonds. The number of nitrogens with zero attached hydrogens (tertiary/aromatic N) is 2. The van der Waals surface area contributed by atoms with Gasteiger partial charge in [-0.25, -0.2) is 12.7 Å². The lowest BCUT2D eigenvalue weighted by Gasteiger charge is -2.33. The number of rotatable bonds is 10. The maximum atomic E-state index is 13.1. The van der Waals surface area contributed by atoms with Crippen LogP contribution in [-0.4, -0.2) is 50.8 Å². The standard InChI is InChI=1S/C29H36N2O2S/c1-30(34(32,33)29-15-9-4-10-16-29)24-28(27-13-7-3-8-14-27)19-22-31-20-17-26(18-21-31)23-25-11-5-2-6-12-25/h2-16,26,28H,17-24H2,1H3. The molecule has 0 aliphatic carbocycles. The van der Waals surface area contributed by atoms with E-state index in [4.69, 9.17) is 0 Å². The third kappa shape index (κ3) is 6.56. The highest BCUT2D eigenvalue weighted by Crippen LogP contribution is 2.26. The maximum Gasteiger partial charge on any atom is 0.242 e. The summed E-state index contributed by atoms with van der Waals surface area (Å²) in [6.45, 7) is 3.72. The highest BCUT2D eigenvalue weighted by molar-refractivity contribution is 7.89. The molecule has 0 aromatic heterocycles. The van der Waals surface area contributed by atoms with Crippen LogP contribution in [0.4, 0.5) is 0 Å². The van der Waals surface area contributed by atoms with Crippen LogP contribution in [0.5, 0.6) is 0 Å². The minimum Gasteiger partial charge on any atom is -0.303 e. The van der Waals surface area contributed by atoms with Crippen molar-refractivity contribution in [1.29, 1.82) is 0 Å². The number of piperidine rings is 1. The minimum absolute atomic E-state index is 0.159. The molecule has 5 heteroatoms. The lowest BCUT2D eigenvalue weighted by atomic mass is 9.89. The van der Waals surface area contributed by atoms with Crippen molar-refractivity contribution in [2.75, 3.05) is 33.2 Å². The maximum absolute atomic E-state index is 13.1. The molecule has 3 aromatic carbocycles. The Morgan fingerprint density at radius 2 is 1.41 bits per heavy atom. The Morgan fingerprint density at radius 1 is 0.853 bits per heavy atom. The van der Waals surface area contributed by atoms with Gasteiger partial charge in [0.15, 0.2) is 0 Å². The second kappa shape index (κ2) is 11.8. The first-order valence-electron chi connectivity index (χ1n) is 12.3. The molecular weight excluding hydrogens is 440 g/mol. The monoisotopic (exact) mass is 476 g/mol. The molecule has 1 aliphatic rings. The summed E-state index contributed by atoms with van der Waals surface area (Å²) in [5.74, 6) is 0.914. The zero-order valence-electron chi connectivity index (χ0n) is 20.1. The van der Waals surface area contributed by atoms with Gasteiger partial charge < -0.3 is 4.90 Å². The molecule has 1 unspecified atom stereocenters. The number of likely N-dealkylation sites (N-methyl/N-ethyl adjacent to an activating group) is 1. The van der Waals surface area contributed by atoms with Gasteiger partial charge in [-0.1, -0.05) is 78.9 Å². The van der Waals surface area contributed by atoms with E-state index in [1.54, 1.807) is 31.3 Å². The van der Waals surface area contributed by atoms with Crippen LogP contribution in [0.25, 0.3) is 0 Å². The van der Waals surface area contributed by atoms with Gasteiger partial charge in [0.05, 0.1) is 4.90 Å². The second-order valence-electron chi connectivity index (χ2n) is 9.47. The van der Waals surface area contributed by atoms with E-state index in [0.717, 1.165) is 32.0 Å². The fourth-order valence-corrected chi connectivity index (χ4v) is 6.21. The molecule has 4 nitrogen and oxygen atoms in total. The number of likely N-dealkylation sites (tertiary alicyclic amines) is 1. The summed E-state index contributed by atoms with van der Waals surface area (Å²) in [5, 5.41) is 0. The molecule has 0 bridgehead atoms. The van der Waals surface area contributed by atoms with Crippen molar-refractivity contribution in [1.82, 2.24) is 9.21 Å². The van der Waals surface area contributed by atoms with Crippen LogP contribution in [0.1, 0.15) is 36.3 Å². The lowest BCUT2D eigenvalue weighted by molar-refractivity contribution is 0.177. The Morgan fingerprint density at radius 3 is 2.03 bits per heavy atom. The van der Waals surface area contributed by atoms with Crippen molar-refractivity contribution >= 4 is 10.0 Å². The molecular formula is C29H36N2O2S. The summed E-state index contributed by atoms with van der Waals surface area (Å²) in [6, 6.07) is 29.9. The average Bonchev–Trinajstić information content (AvgIpc) is 2.89. The van der Waals surface area contributed by atoms with E-state index < -0.39 is 10.0 Å². The Labute approximate surface area is 205 Å². The lowest BCUT2D eigenvalue weighted by Crippen LogP contribution is -2.37. The zero-order valence-corrected chi connectivity index (χ0v) is 20.9. The highest BCUT2D eigenvalue weighted by atomic mass is 32.2. The van der Waals surface area contributed by atoms with Gasteiger partial charge in [0.2, 0.25) is 10.0 Å². The van der Waals surface area contributed by atoms with Crippen molar-refractivity contribution in [2.45, 2.75) is 36.5 Å². The van der Waals surface area contributed by atoms with Crippen molar-refractivity contribution in [3.05, 3.63) is 102 Å². The molecule has 0 spiro atoms. The van der Waals surface area contributed by atoms with Crippen molar-refractivity contribution < 1.29 is 8.42 Å². The largest absolute Gasteiger partial charge is 0.303 e. The molecule has 180 valence electrons. The normalized spacial score (nSPS) is 16.5. The van der Waals surface area contributed by atoms with Gasteiger partial charge in [0.25, 0.3) is 0 Å². The molecule has 0 radical (unpaired) electrons. The number of benzene rings is 3. The smallest absolute Gasteiger partial charge is 0.242 e. The van der Waals surface area contributed by atoms with E-state index in [2.05, 4.69) is 47.4 Å². The highest BCUT2D eigenvalue weighted by Gasteiger charge is 2.26. The third-order valence-electron chi connectivity index (χ3n) is 7.07. The third-order valence-corrected chi connectivity index (χ3v) is 8.91. The Bertz CT molecular complexity index is 1100. The van der Waals surface area contributed by atoms with E-state index in [0.29, 0.717) is 11.4 Å². The fraction of sp³-hybridized carbons (Fsp3) is 0.379. The van der Waals surface area contributed by atoms with Gasteiger partial charge in [-0.3, -0.25) is 0 Å². The van der Waals surface area contributed by atoms with Crippen LogP contribution in [0.3, 0.4) is 0 Å². The summed E-state index contributed by atoms with van der Waals surface area (Å²) in [4.78, 5) is 2.91. The van der Waals surface area contributed by atoms with Gasteiger partial charge in [-0.05, 0) is 80.4 Å². The van der Waals surface area contributed by atoms with Crippen LogP contribution in [0.2, 0.25) is 0 Å². The summed E-state index contributed by atoms with van der Waals surface area (Å²) in [6.07, 6.45) is 4.58. The topological polar surface area (TPSA) is 40.6 Å². The number of sulfonamides is 1. The van der Waals surface area contributed by atoms with Crippen LogP contribution in [0, 0.1) is 5.92 Å². The molecule has 1 atom stereocenters. The Hall–Kier alpha value is -2.47. The first kappa shape index (κ1) is 24.6. The summed E-state index contributed by atoms with van der Waals surface area (Å²) in [7, 11) is -1.80. The van der Waals surface area contributed by atoms with Crippen LogP contribution in [-0.2, 0) is 16.4 Å². The van der Waals surface area contributed by atoms with Crippen molar-refractivity contribution in [3.63, 3.8) is 0 Å². The molecule has 0 saturated carbocycles. The van der Waals surface area contributed by atoms with E-state index in [1.807, 2.05) is 24.3 Å². The minimum atomic E-state index is -3.50. The van der Waals surface area contributed by atoms with Crippen LogP contribution >= 0.6 is 0 Å². The molecule has 1 heterocycles. The predicted molar refractivity (Wildman–Crippen MR) is 139 cm³/mol. The first-order chi connectivity index (χ1) is 16.5. The molecule has 3 aromatic rings. The SMILES string of the molecule is CN(CC(CCN1CCC(Cc2ccccc2)CC1)c1ccccc1)S(=O)(=O)c1ccccc1. The summed E-state index contributed by atoms with van der Waals surface area (Å²) in [5.41, 5.74) is 2.64. The fourth-order valence-electron chi connectivity index (χ4n) is 4.97. The number of hydrogen-bond donors (Lipinski definition) is 0. The van der Waals surface area contributed by atoms with Crippen molar-refractivity contribution in [3.8, 4) is 0 Å². The summed E-state index contributed by atoms with van der Waals surface area (Å²) < 4.78 is 27.7. The van der Waals surface area contributed by atoms with Gasteiger partial charge >= 0.3 is 0 Å². The molecule has 1 fully saturated rings. The molecule has 1 saturated heterocycles. The van der Waals surface area contributed by atoms with E-state index in [1.165, 1.54) is 34.7 Å². The quantitative estimate of drug-likeness (QED) is 0.391. The van der Waals surface area contributed by atoms with E-state index >= 15 is 0 Å². The van der Waals surface area contributed by atoms with Gasteiger partial charge in [0.1, 0.15) is 0 Å². The van der Waals surface area contributed by atoms with Gasteiger partial charge in [-0.2, -0.15) is 0 Å². The molecule has 34 heavy (non-hydrogen) atoms. The van der Waals surface area contributed by atoms with Crippen molar-refractivity contribution in [2.24, 2.45) is 5.92 Å². The molecule has 1 aliphatic heterocycles. The van der Waals surface area contributed by atoms with E-state index in [9.17, 15) is 8.42 Å².